The van der Waals surface area contributed by atoms with Crippen molar-refractivity contribution < 1.29 is 28.2 Å². The molecule has 1 atom stereocenters. The van der Waals surface area contributed by atoms with Crippen LogP contribution in [0, 0.1) is 0 Å². The number of carbonyl (C=O) groups is 1. The maximum atomic E-state index is 13.3. The van der Waals surface area contributed by atoms with Crippen molar-refractivity contribution >= 4 is 15.9 Å². The van der Waals surface area contributed by atoms with Crippen LogP contribution in [0.2, 0.25) is 0 Å². The molecule has 1 aliphatic rings. The summed E-state index contributed by atoms with van der Waals surface area (Å²) in [5, 5.41) is 21.5. The van der Waals surface area contributed by atoms with Crippen molar-refractivity contribution in [1.82, 2.24) is 0 Å². The predicted molar refractivity (Wildman–Crippen MR) is 110 cm³/mol. The first-order valence-electron chi connectivity index (χ1n) is 10.0. The number of rotatable bonds is 7. The van der Waals surface area contributed by atoms with Gasteiger partial charge in [-0.1, -0.05) is 52.2 Å². The average Bonchev–Trinajstić information content (AvgIpc) is 2.59. The number of aliphatic hydroxyl groups excluding tert-OH is 1. The quantitative estimate of drug-likeness (QED) is 0.614. The highest BCUT2D eigenvalue weighted by Gasteiger charge is 2.38. The van der Waals surface area contributed by atoms with Crippen LogP contribution >= 0.6 is 0 Å². The maximum Gasteiger partial charge on any atom is 0.404 e. The molecule has 0 aliphatic heterocycles. The number of ether oxygens (including phenoxy) is 1. The van der Waals surface area contributed by atoms with Gasteiger partial charge in [0.1, 0.15) is 0 Å². The van der Waals surface area contributed by atoms with Gasteiger partial charge in [0.05, 0.1) is 29.0 Å². The lowest BCUT2D eigenvalue weighted by Gasteiger charge is -2.33. The number of nitrogens with two attached hydrogens (primary N) is 1. The summed E-state index contributed by atoms with van der Waals surface area (Å²) in [7, 11) is -3.79. The summed E-state index contributed by atoms with van der Waals surface area (Å²) < 4.78 is 31.3. The minimum Gasteiger partial charge on any atom is -0.450 e. The minimum absolute atomic E-state index is 0.0726. The number of sulfone groups is 1. The molecule has 1 aliphatic carbocycles. The van der Waals surface area contributed by atoms with E-state index in [-0.39, 0.29) is 23.7 Å². The fourth-order valence-corrected chi connectivity index (χ4v) is 6.27. The van der Waals surface area contributed by atoms with Gasteiger partial charge in [0, 0.05) is 6.42 Å². The van der Waals surface area contributed by atoms with Crippen LogP contribution in [0.25, 0.3) is 0 Å². The lowest BCUT2D eigenvalue weighted by Crippen LogP contribution is -2.39. The summed E-state index contributed by atoms with van der Waals surface area (Å²) in [6.07, 6.45) is 1.74. The molecule has 0 spiro atoms. The Labute approximate surface area is 173 Å². The molecule has 29 heavy (non-hydrogen) atoms. The Morgan fingerprint density at radius 1 is 1.24 bits per heavy atom. The third-order valence-electron chi connectivity index (χ3n) is 5.38. The van der Waals surface area contributed by atoms with Crippen molar-refractivity contribution in [2.45, 2.75) is 81.3 Å². The van der Waals surface area contributed by atoms with E-state index in [0.29, 0.717) is 24.0 Å². The monoisotopic (exact) mass is 427 g/mol. The minimum atomic E-state index is -3.79. The van der Waals surface area contributed by atoms with Crippen LogP contribution in [0.5, 0.6) is 0 Å². The number of benzene rings is 1. The van der Waals surface area contributed by atoms with E-state index in [1.807, 2.05) is 20.8 Å². The number of primary amides is 1. The van der Waals surface area contributed by atoms with Crippen LogP contribution in [0.15, 0.2) is 23.1 Å². The van der Waals surface area contributed by atoms with Gasteiger partial charge in [0.15, 0.2) is 9.84 Å². The van der Waals surface area contributed by atoms with Crippen molar-refractivity contribution in [2.75, 3.05) is 12.4 Å². The molecule has 8 heteroatoms. The summed E-state index contributed by atoms with van der Waals surface area (Å²) >= 11 is 0. The Kier molecular flexibility index (Phi) is 7.35. The second kappa shape index (κ2) is 9.02. The Hall–Kier alpha value is -1.64. The van der Waals surface area contributed by atoms with Gasteiger partial charge in [0.2, 0.25) is 0 Å². The van der Waals surface area contributed by atoms with Crippen LogP contribution < -0.4 is 5.73 Å². The maximum absolute atomic E-state index is 13.3. The first-order chi connectivity index (χ1) is 13.4. The lowest BCUT2D eigenvalue weighted by molar-refractivity contribution is 0.0257. The highest BCUT2D eigenvalue weighted by Crippen LogP contribution is 2.38. The molecule has 4 N–H and O–H groups in total. The van der Waals surface area contributed by atoms with Gasteiger partial charge in [-0.15, -0.1) is 0 Å². The molecular formula is C21H33NO6S. The molecule has 0 bridgehead atoms. The zero-order valence-corrected chi connectivity index (χ0v) is 18.3. The highest BCUT2D eigenvalue weighted by atomic mass is 32.2. The molecule has 0 saturated heterocycles. The van der Waals surface area contributed by atoms with Gasteiger partial charge in [-0.25, -0.2) is 13.2 Å². The zero-order chi connectivity index (χ0) is 21.9. The van der Waals surface area contributed by atoms with E-state index >= 15 is 0 Å². The molecular weight excluding hydrogens is 394 g/mol. The van der Waals surface area contributed by atoms with Crippen LogP contribution in [-0.2, 0) is 20.0 Å². The van der Waals surface area contributed by atoms with Crippen LogP contribution in [0.1, 0.15) is 76.5 Å². The second-order valence-corrected chi connectivity index (χ2v) is 10.9. The van der Waals surface area contributed by atoms with Gasteiger partial charge in [-0.05, 0) is 35.4 Å². The van der Waals surface area contributed by atoms with Gasteiger partial charge < -0.3 is 20.7 Å². The fourth-order valence-electron chi connectivity index (χ4n) is 4.10. The van der Waals surface area contributed by atoms with Gasteiger partial charge in [-0.3, -0.25) is 0 Å². The summed E-state index contributed by atoms with van der Waals surface area (Å²) in [6.45, 7) is 5.57. The zero-order valence-electron chi connectivity index (χ0n) is 17.5. The molecule has 2 rings (SSSR count). The normalized spacial score (nSPS) is 18.2. The van der Waals surface area contributed by atoms with E-state index in [2.05, 4.69) is 0 Å². The van der Waals surface area contributed by atoms with E-state index < -0.39 is 33.1 Å². The second-order valence-electron chi connectivity index (χ2n) is 8.99. The number of hydrogen-bond donors (Lipinski definition) is 3. The number of amides is 1. The van der Waals surface area contributed by atoms with E-state index in [9.17, 15) is 23.4 Å². The molecule has 0 heterocycles. The number of hydrogen-bond acceptors (Lipinski definition) is 6. The number of aliphatic hydroxyl groups is 2. The summed E-state index contributed by atoms with van der Waals surface area (Å²) in [5.74, 6) is -0.326. The third kappa shape index (κ3) is 6.17. The van der Waals surface area contributed by atoms with E-state index in [0.717, 1.165) is 19.3 Å². The van der Waals surface area contributed by atoms with Crippen molar-refractivity contribution in [2.24, 2.45) is 5.73 Å². The molecule has 1 saturated carbocycles. The Morgan fingerprint density at radius 3 is 2.41 bits per heavy atom. The van der Waals surface area contributed by atoms with Crippen molar-refractivity contribution in [3.8, 4) is 0 Å². The fraction of sp³-hybridized carbons (Fsp3) is 0.667. The van der Waals surface area contributed by atoms with Gasteiger partial charge in [0.25, 0.3) is 0 Å². The molecule has 164 valence electrons. The number of carbonyl (C=O) groups excluding carboxylic acids is 1. The predicted octanol–water partition coefficient (Wildman–Crippen LogP) is 2.97. The molecule has 0 radical (unpaired) electrons. The average molecular weight is 428 g/mol. The van der Waals surface area contributed by atoms with Gasteiger partial charge in [-0.2, -0.15) is 0 Å². The summed E-state index contributed by atoms with van der Waals surface area (Å²) in [6, 6.07) is 4.82. The van der Waals surface area contributed by atoms with Crippen LogP contribution in [-0.4, -0.2) is 42.7 Å². The first kappa shape index (κ1) is 23.6. The smallest absolute Gasteiger partial charge is 0.404 e. The van der Waals surface area contributed by atoms with Crippen molar-refractivity contribution in [3.63, 3.8) is 0 Å². The first-order valence-corrected chi connectivity index (χ1v) is 11.7. The summed E-state index contributed by atoms with van der Waals surface area (Å²) in [4.78, 5) is 10.9. The molecule has 0 aromatic heterocycles. The molecule has 7 nitrogen and oxygen atoms in total. The van der Waals surface area contributed by atoms with E-state index in [1.165, 1.54) is 6.07 Å². The van der Waals surface area contributed by atoms with Crippen molar-refractivity contribution in [3.05, 3.63) is 29.3 Å². The molecule has 1 fully saturated rings. The van der Waals surface area contributed by atoms with E-state index in [1.54, 1.807) is 12.1 Å². The molecule has 1 aromatic carbocycles. The van der Waals surface area contributed by atoms with E-state index in [4.69, 9.17) is 10.5 Å². The Balaban J connectivity index is 2.42. The Bertz CT molecular complexity index is 822. The third-order valence-corrected chi connectivity index (χ3v) is 7.31. The Morgan fingerprint density at radius 2 is 1.86 bits per heavy atom. The largest absolute Gasteiger partial charge is 0.450 e. The highest BCUT2D eigenvalue weighted by molar-refractivity contribution is 7.91. The van der Waals surface area contributed by atoms with Crippen LogP contribution in [0.3, 0.4) is 0 Å². The topological polar surface area (TPSA) is 127 Å². The molecule has 1 amide bonds. The van der Waals surface area contributed by atoms with Crippen LogP contribution in [0.4, 0.5) is 4.79 Å². The SMILES string of the molecule is CC(C)(C)c1c(C(O)CCOC(N)=O)cccc1S(=O)(=O)CC1(O)CCCCC1. The van der Waals surface area contributed by atoms with Gasteiger partial charge >= 0.3 is 6.09 Å². The lowest BCUT2D eigenvalue weighted by atomic mass is 9.82. The molecule has 1 unspecified atom stereocenters. The standard InChI is InChI=1S/C21H33NO6S/c1-20(2,3)18-15(16(23)10-13-28-19(22)24)8-7-9-17(18)29(26,27)14-21(25)11-5-4-6-12-21/h7-9,16,23,25H,4-6,10-14H2,1-3H3,(H2,22,24). The summed E-state index contributed by atoms with van der Waals surface area (Å²) in [5.41, 5.74) is 4.17. The molecule has 1 aromatic rings. The van der Waals surface area contributed by atoms with Crippen molar-refractivity contribution in [1.29, 1.82) is 0 Å².